The van der Waals surface area contributed by atoms with E-state index >= 15 is 0 Å². The van der Waals surface area contributed by atoms with E-state index < -0.39 is 0 Å². The first-order chi connectivity index (χ1) is 7.04. The van der Waals surface area contributed by atoms with Gasteiger partial charge in [0.25, 0.3) is 0 Å². The van der Waals surface area contributed by atoms with Crippen molar-refractivity contribution in [1.29, 1.82) is 0 Å². The van der Waals surface area contributed by atoms with E-state index in [0.717, 1.165) is 5.92 Å². The zero-order valence-electron chi connectivity index (χ0n) is 10.4. The third kappa shape index (κ3) is 1.71. The lowest BCUT2D eigenvalue weighted by molar-refractivity contribution is 0.230. The smallest absolute Gasteiger partial charge is 0.00124 e. The van der Waals surface area contributed by atoms with E-state index in [-0.39, 0.29) is 0 Å². The highest BCUT2D eigenvalue weighted by Gasteiger charge is 2.37. The number of hydrogen-bond donors (Lipinski definition) is 0. The molecule has 2 atom stereocenters. The van der Waals surface area contributed by atoms with Crippen molar-refractivity contribution < 1.29 is 0 Å². The van der Waals surface area contributed by atoms with Gasteiger partial charge < -0.3 is 0 Å². The predicted molar refractivity (Wildman–Crippen MR) is 66.7 cm³/mol. The van der Waals surface area contributed by atoms with Crippen LogP contribution in [0.5, 0.6) is 0 Å². The van der Waals surface area contributed by atoms with Crippen LogP contribution in [0, 0.1) is 11.3 Å². The highest BCUT2D eigenvalue weighted by atomic mass is 14.4. The molecule has 0 fully saturated rings. The summed E-state index contributed by atoms with van der Waals surface area (Å²) in [6.45, 7) is 9.31. The average molecular weight is 202 g/mol. The molecule has 0 radical (unpaired) electrons. The lowest BCUT2D eigenvalue weighted by Crippen LogP contribution is -2.32. The number of allylic oxidation sites excluding steroid dienone is 6. The van der Waals surface area contributed by atoms with Crippen molar-refractivity contribution in [3.05, 3.63) is 34.9 Å². The van der Waals surface area contributed by atoms with Crippen molar-refractivity contribution in [3.63, 3.8) is 0 Å². The zero-order chi connectivity index (χ0) is 11.1. The van der Waals surface area contributed by atoms with E-state index in [0.29, 0.717) is 5.41 Å². The van der Waals surface area contributed by atoms with Crippen LogP contribution in [-0.2, 0) is 0 Å². The van der Waals surface area contributed by atoms with Crippen LogP contribution in [-0.4, -0.2) is 0 Å². The summed E-state index contributed by atoms with van der Waals surface area (Å²) in [5.74, 6) is 0.816. The Morgan fingerprint density at radius 3 is 2.73 bits per heavy atom. The monoisotopic (exact) mass is 202 g/mol. The van der Waals surface area contributed by atoms with Crippen molar-refractivity contribution in [2.45, 2.75) is 47.0 Å². The molecule has 0 bridgehead atoms. The van der Waals surface area contributed by atoms with Gasteiger partial charge in [0.15, 0.2) is 0 Å². The summed E-state index contributed by atoms with van der Waals surface area (Å²) in [6, 6.07) is 0. The second-order valence-electron chi connectivity index (χ2n) is 5.59. The summed E-state index contributed by atoms with van der Waals surface area (Å²) >= 11 is 0. The summed E-state index contributed by atoms with van der Waals surface area (Å²) in [5, 5.41) is 0. The molecule has 0 heteroatoms. The molecule has 0 aromatic carbocycles. The second-order valence-corrected chi connectivity index (χ2v) is 5.59. The summed E-state index contributed by atoms with van der Waals surface area (Å²) in [4.78, 5) is 0. The molecule has 15 heavy (non-hydrogen) atoms. The van der Waals surface area contributed by atoms with Gasteiger partial charge in [0.1, 0.15) is 0 Å². The Morgan fingerprint density at radius 1 is 1.33 bits per heavy atom. The standard InChI is InChI=1S/C15H22/c1-11(2)13-8-9-14-7-5-6-12(3)15(14,4)10-13/h7-9,12H,5-6,10H2,1-4H3/t12-,15+/m1/s1. The van der Waals surface area contributed by atoms with Gasteiger partial charge >= 0.3 is 0 Å². The van der Waals surface area contributed by atoms with E-state index in [1.54, 1.807) is 11.1 Å². The molecule has 82 valence electrons. The summed E-state index contributed by atoms with van der Waals surface area (Å²) < 4.78 is 0. The van der Waals surface area contributed by atoms with Crippen LogP contribution in [0.4, 0.5) is 0 Å². The van der Waals surface area contributed by atoms with Gasteiger partial charge in [-0.1, -0.05) is 37.6 Å². The van der Waals surface area contributed by atoms with Crippen LogP contribution in [0.1, 0.15) is 47.0 Å². The highest BCUT2D eigenvalue weighted by molar-refractivity contribution is 5.42. The molecule has 0 amide bonds. The first kappa shape index (κ1) is 10.7. The minimum Gasteiger partial charge on any atom is -0.0807 e. The van der Waals surface area contributed by atoms with Gasteiger partial charge in [-0.15, -0.1) is 0 Å². The fraction of sp³-hybridized carbons (Fsp3) is 0.600. The van der Waals surface area contributed by atoms with Crippen molar-refractivity contribution >= 4 is 0 Å². The van der Waals surface area contributed by atoms with Crippen molar-refractivity contribution in [2.24, 2.45) is 11.3 Å². The Labute approximate surface area is 93.8 Å². The van der Waals surface area contributed by atoms with Gasteiger partial charge in [0.05, 0.1) is 0 Å². The van der Waals surface area contributed by atoms with Crippen molar-refractivity contribution in [1.82, 2.24) is 0 Å². The Morgan fingerprint density at radius 2 is 2.07 bits per heavy atom. The lowest BCUT2D eigenvalue weighted by Gasteiger charge is -2.43. The van der Waals surface area contributed by atoms with Crippen LogP contribution in [0.2, 0.25) is 0 Å². The van der Waals surface area contributed by atoms with Crippen LogP contribution < -0.4 is 0 Å². The molecule has 0 nitrogen and oxygen atoms in total. The second kappa shape index (κ2) is 3.66. The van der Waals surface area contributed by atoms with Crippen LogP contribution in [0.15, 0.2) is 34.9 Å². The molecule has 0 aliphatic heterocycles. The quantitative estimate of drug-likeness (QED) is 0.536. The van der Waals surface area contributed by atoms with E-state index in [1.165, 1.54) is 24.8 Å². The van der Waals surface area contributed by atoms with Crippen LogP contribution in [0.25, 0.3) is 0 Å². The molecule has 0 aromatic rings. The first-order valence-electron chi connectivity index (χ1n) is 6.09. The predicted octanol–water partition coefficient (Wildman–Crippen LogP) is 4.65. The number of rotatable bonds is 0. The van der Waals surface area contributed by atoms with E-state index in [4.69, 9.17) is 0 Å². The maximum atomic E-state index is 2.44. The molecule has 0 N–H and O–H groups in total. The normalized spacial score (nSPS) is 34.8. The molecule has 0 aromatic heterocycles. The maximum Gasteiger partial charge on any atom is -0.00124 e. The first-order valence-corrected chi connectivity index (χ1v) is 6.09. The largest absolute Gasteiger partial charge is 0.0807 e. The molecule has 0 unspecified atom stereocenters. The molecule has 0 heterocycles. The molecular formula is C15H22. The van der Waals surface area contributed by atoms with Gasteiger partial charge in [0.2, 0.25) is 0 Å². The Balaban J connectivity index is 2.43. The van der Waals surface area contributed by atoms with Gasteiger partial charge in [-0.3, -0.25) is 0 Å². The Kier molecular flexibility index (Phi) is 2.62. The maximum absolute atomic E-state index is 2.44. The van der Waals surface area contributed by atoms with E-state index in [2.05, 4.69) is 45.9 Å². The van der Waals surface area contributed by atoms with Gasteiger partial charge in [-0.25, -0.2) is 0 Å². The van der Waals surface area contributed by atoms with Crippen molar-refractivity contribution in [3.8, 4) is 0 Å². The SMILES string of the molecule is CC(C)=C1C=CC2=CCC[C@@H](C)[C@]2(C)C1. The van der Waals surface area contributed by atoms with Gasteiger partial charge in [0, 0.05) is 0 Å². The summed E-state index contributed by atoms with van der Waals surface area (Å²) in [6.07, 6.45) is 11.0. The lowest BCUT2D eigenvalue weighted by atomic mass is 9.61. The van der Waals surface area contributed by atoms with Crippen molar-refractivity contribution in [2.75, 3.05) is 0 Å². The molecular weight excluding hydrogens is 180 g/mol. The molecule has 0 saturated carbocycles. The Hall–Kier alpha value is -0.780. The number of hydrogen-bond acceptors (Lipinski definition) is 0. The highest BCUT2D eigenvalue weighted by Crippen LogP contribution is 2.49. The third-order valence-corrected chi connectivity index (χ3v) is 4.38. The fourth-order valence-electron chi connectivity index (χ4n) is 2.85. The fourth-order valence-corrected chi connectivity index (χ4v) is 2.85. The average Bonchev–Trinajstić information content (AvgIpc) is 2.19. The van der Waals surface area contributed by atoms with E-state index in [9.17, 15) is 0 Å². The summed E-state index contributed by atoms with van der Waals surface area (Å²) in [7, 11) is 0. The van der Waals surface area contributed by atoms with E-state index in [1.807, 2.05) is 0 Å². The topological polar surface area (TPSA) is 0 Å². The molecule has 0 spiro atoms. The summed E-state index contributed by atoms with van der Waals surface area (Å²) in [5.41, 5.74) is 5.00. The van der Waals surface area contributed by atoms with Gasteiger partial charge in [-0.2, -0.15) is 0 Å². The number of fused-ring (bicyclic) bond motifs is 1. The zero-order valence-corrected chi connectivity index (χ0v) is 10.4. The minimum atomic E-state index is 0.402. The Bertz CT molecular complexity index is 350. The van der Waals surface area contributed by atoms with Gasteiger partial charge in [-0.05, 0) is 55.6 Å². The van der Waals surface area contributed by atoms with Crippen LogP contribution >= 0.6 is 0 Å². The van der Waals surface area contributed by atoms with Crippen LogP contribution in [0.3, 0.4) is 0 Å². The third-order valence-electron chi connectivity index (χ3n) is 4.38. The minimum absolute atomic E-state index is 0.402. The molecule has 2 rings (SSSR count). The molecule has 2 aliphatic carbocycles. The molecule has 2 aliphatic rings. The molecule has 0 saturated heterocycles.